The Kier molecular flexibility index (Phi) is 5.05. The standard InChI is InChI=1S/C22H24N2O4/c1-14-6-9-16(10-7-14)28-20-5-3-2-4-18(20)23-21(25)13-24-15-8-11-19(24)17(12-15)22(26)27/h2-7,9-10,15,17,19H,8,11-13H2,1H3,(H,23,25)(H,26,27). The van der Waals surface area contributed by atoms with Gasteiger partial charge < -0.3 is 15.2 Å². The van der Waals surface area contributed by atoms with E-state index in [-0.39, 0.29) is 30.5 Å². The van der Waals surface area contributed by atoms with Crippen molar-refractivity contribution in [3.05, 3.63) is 54.1 Å². The molecule has 2 saturated heterocycles. The van der Waals surface area contributed by atoms with Crippen LogP contribution in [0, 0.1) is 12.8 Å². The molecule has 2 bridgehead atoms. The van der Waals surface area contributed by atoms with Gasteiger partial charge in [-0.15, -0.1) is 0 Å². The normalized spacial score (nSPS) is 23.5. The van der Waals surface area contributed by atoms with Crippen molar-refractivity contribution in [2.45, 2.75) is 38.3 Å². The highest BCUT2D eigenvalue weighted by Crippen LogP contribution is 2.41. The first-order valence-corrected chi connectivity index (χ1v) is 9.63. The lowest BCUT2D eigenvalue weighted by Gasteiger charge is -2.22. The minimum Gasteiger partial charge on any atom is -0.481 e. The van der Waals surface area contributed by atoms with E-state index in [4.69, 9.17) is 4.74 Å². The second-order valence-corrected chi connectivity index (χ2v) is 7.61. The van der Waals surface area contributed by atoms with E-state index in [0.717, 1.165) is 18.4 Å². The molecule has 0 spiro atoms. The Labute approximate surface area is 164 Å². The van der Waals surface area contributed by atoms with Crippen molar-refractivity contribution in [2.24, 2.45) is 5.92 Å². The van der Waals surface area contributed by atoms with Crippen molar-refractivity contribution >= 4 is 17.6 Å². The van der Waals surface area contributed by atoms with Crippen molar-refractivity contribution in [2.75, 3.05) is 11.9 Å². The quantitative estimate of drug-likeness (QED) is 0.800. The number of rotatable bonds is 6. The number of hydrogen-bond donors (Lipinski definition) is 2. The Morgan fingerprint density at radius 2 is 1.89 bits per heavy atom. The zero-order valence-corrected chi connectivity index (χ0v) is 15.8. The molecule has 0 aromatic heterocycles. The highest BCUT2D eigenvalue weighted by molar-refractivity contribution is 5.94. The number of carbonyl (C=O) groups excluding carboxylic acids is 1. The Balaban J connectivity index is 1.43. The zero-order valence-electron chi connectivity index (χ0n) is 15.8. The maximum absolute atomic E-state index is 12.7. The molecule has 0 radical (unpaired) electrons. The van der Waals surface area contributed by atoms with Gasteiger partial charge in [-0.3, -0.25) is 14.5 Å². The lowest BCUT2D eigenvalue weighted by Crippen LogP contribution is -2.38. The monoisotopic (exact) mass is 380 g/mol. The maximum atomic E-state index is 12.7. The third-order valence-corrected chi connectivity index (χ3v) is 5.73. The fourth-order valence-corrected chi connectivity index (χ4v) is 4.36. The summed E-state index contributed by atoms with van der Waals surface area (Å²) in [6.07, 6.45) is 2.46. The number of carboxylic acids is 1. The van der Waals surface area contributed by atoms with Gasteiger partial charge in [-0.05, 0) is 50.5 Å². The number of benzene rings is 2. The fraction of sp³-hybridized carbons (Fsp3) is 0.364. The third kappa shape index (κ3) is 3.73. The van der Waals surface area contributed by atoms with Crippen molar-refractivity contribution in [1.29, 1.82) is 0 Å². The minimum absolute atomic E-state index is 0.0349. The van der Waals surface area contributed by atoms with Gasteiger partial charge in [-0.2, -0.15) is 0 Å². The van der Waals surface area contributed by atoms with E-state index in [1.54, 1.807) is 6.07 Å². The van der Waals surface area contributed by atoms with Crippen LogP contribution in [0.15, 0.2) is 48.5 Å². The molecule has 1 amide bonds. The average Bonchev–Trinajstić information content (AvgIpc) is 3.22. The molecule has 2 aliphatic rings. The Hall–Kier alpha value is -2.86. The number of amides is 1. The average molecular weight is 380 g/mol. The van der Waals surface area contributed by atoms with Crippen LogP contribution < -0.4 is 10.1 Å². The summed E-state index contributed by atoms with van der Waals surface area (Å²) in [5, 5.41) is 12.3. The summed E-state index contributed by atoms with van der Waals surface area (Å²) in [4.78, 5) is 26.1. The van der Waals surface area contributed by atoms with Gasteiger partial charge in [-0.1, -0.05) is 29.8 Å². The zero-order chi connectivity index (χ0) is 19.7. The summed E-state index contributed by atoms with van der Waals surface area (Å²) >= 11 is 0. The first-order chi connectivity index (χ1) is 13.5. The third-order valence-electron chi connectivity index (χ3n) is 5.73. The van der Waals surface area contributed by atoms with Gasteiger partial charge in [0, 0.05) is 12.1 Å². The fourth-order valence-electron chi connectivity index (χ4n) is 4.36. The van der Waals surface area contributed by atoms with Crippen LogP contribution >= 0.6 is 0 Å². The number of aliphatic carboxylic acids is 1. The van der Waals surface area contributed by atoms with E-state index in [2.05, 4.69) is 10.2 Å². The molecule has 146 valence electrons. The van der Waals surface area contributed by atoms with Crippen LogP contribution in [-0.2, 0) is 9.59 Å². The van der Waals surface area contributed by atoms with Crippen LogP contribution in [0.5, 0.6) is 11.5 Å². The van der Waals surface area contributed by atoms with Crippen LogP contribution in [0.3, 0.4) is 0 Å². The van der Waals surface area contributed by atoms with Gasteiger partial charge >= 0.3 is 5.97 Å². The van der Waals surface area contributed by atoms with Crippen LogP contribution in [0.1, 0.15) is 24.8 Å². The Morgan fingerprint density at radius 3 is 2.61 bits per heavy atom. The molecular formula is C22H24N2O4. The summed E-state index contributed by atoms with van der Waals surface area (Å²) in [6.45, 7) is 2.22. The SMILES string of the molecule is Cc1ccc(Oc2ccccc2NC(=O)CN2C3CCC2C(C(=O)O)C3)cc1. The van der Waals surface area contributed by atoms with E-state index in [0.29, 0.717) is 23.6 Å². The minimum atomic E-state index is -0.755. The number of ether oxygens (including phenoxy) is 1. The number of carboxylic acid groups (broad SMARTS) is 1. The first kappa shape index (κ1) is 18.5. The van der Waals surface area contributed by atoms with Crippen molar-refractivity contribution in [3.63, 3.8) is 0 Å². The van der Waals surface area contributed by atoms with Gasteiger partial charge in [0.1, 0.15) is 5.75 Å². The lowest BCUT2D eigenvalue weighted by atomic mass is 9.89. The summed E-state index contributed by atoms with van der Waals surface area (Å²) in [7, 11) is 0. The maximum Gasteiger partial charge on any atom is 0.308 e. The van der Waals surface area contributed by atoms with Gasteiger partial charge in [0.25, 0.3) is 0 Å². The second kappa shape index (κ2) is 7.64. The summed E-state index contributed by atoms with van der Waals surface area (Å²) in [6, 6.07) is 15.2. The van der Waals surface area contributed by atoms with E-state index in [1.807, 2.05) is 49.4 Å². The molecule has 0 aliphatic carbocycles. The number of anilines is 1. The number of aryl methyl sites for hydroxylation is 1. The number of carbonyl (C=O) groups is 2. The smallest absolute Gasteiger partial charge is 0.308 e. The number of nitrogens with one attached hydrogen (secondary N) is 1. The summed E-state index contributed by atoms with van der Waals surface area (Å²) in [5.74, 6) is 0.0164. The van der Waals surface area contributed by atoms with Crippen LogP contribution in [0.25, 0.3) is 0 Å². The molecule has 2 fully saturated rings. The van der Waals surface area contributed by atoms with Crippen LogP contribution in [0.2, 0.25) is 0 Å². The molecule has 2 N–H and O–H groups in total. The molecule has 6 heteroatoms. The molecule has 3 atom stereocenters. The molecule has 2 aliphatic heterocycles. The molecule has 2 aromatic carbocycles. The van der Waals surface area contributed by atoms with Gasteiger partial charge in [-0.25, -0.2) is 0 Å². The number of nitrogens with zero attached hydrogens (tertiary/aromatic N) is 1. The van der Waals surface area contributed by atoms with Crippen LogP contribution in [-0.4, -0.2) is 40.5 Å². The van der Waals surface area contributed by atoms with Gasteiger partial charge in [0.2, 0.25) is 5.91 Å². The van der Waals surface area contributed by atoms with Crippen LogP contribution in [0.4, 0.5) is 5.69 Å². The van der Waals surface area contributed by atoms with E-state index < -0.39 is 5.97 Å². The Bertz CT molecular complexity index is 880. The largest absolute Gasteiger partial charge is 0.481 e. The lowest BCUT2D eigenvalue weighted by molar-refractivity contribution is -0.142. The second-order valence-electron chi connectivity index (χ2n) is 7.61. The molecule has 0 saturated carbocycles. The number of hydrogen-bond acceptors (Lipinski definition) is 4. The van der Waals surface area contributed by atoms with Crippen molar-refractivity contribution in [1.82, 2.24) is 4.90 Å². The first-order valence-electron chi connectivity index (χ1n) is 9.63. The molecule has 4 rings (SSSR count). The molecule has 2 heterocycles. The summed E-state index contributed by atoms with van der Waals surface area (Å²) < 4.78 is 5.93. The molecule has 2 aromatic rings. The number of fused-ring (bicyclic) bond motifs is 2. The highest BCUT2D eigenvalue weighted by atomic mass is 16.5. The highest BCUT2D eigenvalue weighted by Gasteiger charge is 2.49. The van der Waals surface area contributed by atoms with E-state index in [9.17, 15) is 14.7 Å². The van der Waals surface area contributed by atoms with Gasteiger partial charge in [0.05, 0.1) is 18.2 Å². The topological polar surface area (TPSA) is 78.9 Å². The van der Waals surface area contributed by atoms with Crippen molar-refractivity contribution in [3.8, 4) is 11.5 Å². The predicted octanol–water partition coefficient (Wildman–Crippen LogP) is 3.66. The van der Waals surface area contributed by atoms with Crippen molar-refractivity contribution < 1.29 is 19.4 Å². The van der Waals surface area contributed by atoms with E-state index in [1.165, 1.54) is 0 Å². The van der Waals surface area contributed by atoms with E-state index >= 15 is 0 Å². The Morgan fingerprint density at radius 1 is 1.14 bits per heavy atom. The molecule has 28 heavy (non-hydrogen) atoms. The molecule has 6 nitrogen and oxygen atoms in total. The molecule has 3 unspecified atom stereocenters. The number of para-hydroxylation sites is 2. The summed E-state index contributed by atoms with van der Waals surface area (Å²) in [5.41, 5.74) is 1.75. The molecular weight excluding hydrogens is 356 g/mol. The predicted molar refractivity (Wildman–Crippen MR) is 106 cm³/mol. The van der Waals surface area contributed by atoms with Gasteiger partial charge in [0.15, 0.2) is 5.75 Å².